The van der Waals surface area contributed by atoms with E-state index in [1.54, 1.807) is 11.3 Å². The molecule has 0 amide bonds. The lowest BCUT2D eigenvalue weighted by atomic mass is 10.1. The van der Waals surface area contributed by atoms with Gasteiger partial charge in [-0.15, -0.1) is 11.3 Å². The van der Waals surface area contributed by atoms with Gasteiger partial charge in [-0.25, -0.2) is 0 Å². The zero-order valence-corrected chi connectivity index (χ0v) is 11.1. The summed E-state index contributed by atoms with van der Waals surface area (Å²) < 4.78 is 2.27. The van der Waals surface area contributed by atoms with E-state index < -0.39 is 0 Å². The third kappa shape index (κ3) is 1.82. The highest BCUT2D eigenvalue weighted by Gasteiger charge is 2.26. The van der Waals surface area contributed by atoms with Crippen LogP contribution in [0.2, 0.25) is 0 Å². The summed E-state index contributed by atoms with van der Waals surface area (Å²) in [4.78, 5) is 12.1. The van der Waals surface area contributed by atoms with Crippen molar-refractivity contribution < 1.29 is 4.79 Å². The molecule has 2 aromatic rings. The SMILES string of the molecule is O=C(CC1CC1)c1csc2c(Br)cccc12. The Morgan fingerprint density at radius 3 is 3.00 bits per heavy atom. The fourth-order valence-electron chi connectivity index (χ4n) is 1.93. The number of benzene rings is 1. The smallest absolute Gasteiger partial charge is 0.164 e. The van der Waals surface area contributed by atoms with E-state index >= 15 is 0 Å². The molecular formula is C13H11BrOS. The van der Waals surface area contributed by atoms with Gasteiger partial charge in [0.25, 0.3) is 0 Å². The second-order valence-corrected chi connectivity index (χ2v) is 6.07. The van der Waals surface area contributed by atoms with Crippen LogP contribution in [0.3, 0.4) is 0 Å². The number of Topliss-reactive ketones (excluding diaryl/α,β-unsaturated/α-hetero) is 1. The largest absolute Gasteiger partial charge is 0.294 e. The monoisotopic (exact) mass is 294 g/mol. The van der Waals surface area contributed by atoms with Crippen LogP contribution in [0.15, 0.2) is 28.1 Å². The number of hydrogen-bond acceptors (Lipinski definition) is 2. The van der Waals surface area contributed by atoms with E-state index in [9.17, 15) is 4.79 Å². The molecule has 1 saturated carbocycles. The lowest BCUT2D eigenvalue weighted by Crippen LogP contribution is -1.98. The van der Waals surface area contributed by atoms with Gasteiger partial charge in [0.15, 0.2) is 5.78 Å². The maximum Gasteiger partial charge on any atom is 0.164 e. The first-order valence-electron chi connectivity index (χ1n) is 5.44. The van der Waals surface area contributed by atoms with Crippen LogP contribution in [0.5, 0.6) is 0 Å². The highest BCUT2D eigenvalue weighted by Crippen LogP contribution is 2.37. The van der Waals surface area contributed by atoms with Crippen LogP contribution >= 0.6 is 27.3 Å². The Hall–Kier alpha value is -0.670. The molecule has 0 aliphatic heterocycles. The Bertz CT molecular complexity index is 554. The summed E-state index contributed by atoms with van der Waals surface area (Å²) in [5.74, 6) is 0.974. The van der Waals surface area contributed by atoms with Crippen molar-refractivity contribution in [3.8, 4) is 0 Å². The average Bonchev–Trinajstić information content (AvgIpc) is 2.96. The van der Waals surface area contributed by atoms with Crippen LogP contribution in [0.4, 0.5) is 0 Å². The highest BCUT2D eigenvalue weighted by molar-refractivity contribution is 9.10. The molecule has 1 heterocycles. The van der Waals surface area contributed by atoms with Gasteiger partial charge in [0, 0.05) is 31.9 Å². The molecule has 0 spiro atoms. The van der Waals surface area contributed by atoms with E-state index in [2.05, 4.69) is 15.9 Å². The van der Waals surface area contributed by atoms with Crippen LogP contribution < -0.4 is 0 Å². The highest BCUT2D eigenvalue weighted by atomic mass is 79.9. The number of ketones is 1. The quantitative estimate of drug-likeness (QED) is 0.753. The molecule has 1 aliphatic carbocycles. The number of fused-ring (bicyclic) bond motifs is 1. The van der Waals surface area contributed by atoms with Gasteiger partial charge in [-0.2, -0.15) is 0 Å². The van der Waals surface area contributed by atoms with E-state index in [4.69, 9.17) is 0 Å². The van der Waals surface area contributed by atoms with Crippen molar-refractivity contribution in [1.29, 1.82) is 0 Å². The Labute approximate surface area is 107 Å². The fraction of sp³-hybridized carbons (Fsp3) is 0.308. The molecule has 16 heavy (non-hydrogen) atoms. The van der Waals surface area contributed by atoms with Crippen molar-refractivity contribution in [3.05, 3.63) is 33.6 Å². The van der Waals surface area contributed by atoms with Crippen molar-refractivity contribution in [2.24, 2.45) is 5.92 Å². The van der Waals surface area contributed by atoms with Crippen LogP contribution in [0, 0.1) is 5.92 Å². The lowest BCUT2D eigenvalue weighted by Gasteiger charge is -1.98. The lowest BCUT2D eigenvalue weighted by molar-refractivity contribution is 0.0978. The summed E-state index contributed by atoms with van der Waals surface area (Å²) in [7, 11) is 0. The zero-order valence-electron chi connectivity index (χ0n) is 8.70. The molecule has 1 aliphatic rings. The second-order valence-electron chi connectivity index (χ2n) is 4.34. The third-order valence-corrected chi connectivity index (χ3v) is 4.98. The number of halogens is 1. The number of hydrogen-bond donors (Lipinski definition) is 0. The van der Waals surface area contributed by atoms with Crippen molar-refractivity contribution in [1.82, 2.24) is 0 Å². The summed E-state index contributed by atoms with van der Waals surface area (Å²) >= 11 is 5.17. The predicted molar refractivity (Wildman–Crippen MR) is 71.2 cm³/mol. The molecule has 0 saturated heterocycles. The minimum absolute atomic E-state index is 0.312. The van der Waals surface area contributed by atoms with E-state index in [0.717, 1.165) is 21.8 Å². The molecule has 0 bridgehead atoms. The van der Waals surface area contributed by atoms with E-state index in [-0.39, 0.29) is 0 Å². The summed E-state index contributed by atoms with van der Waals surface area (Å²) in [6, 6.07) is 6.05. The zero-order chi connectivity index (χ0) is 11.1. The molecule has 0 radical (unpaired) electrons. The molecular weight excluding hydrogens is 284 g/mol. The first-order valence-corrected chi connectivity index (χ1v) is 7.12. The molecule has 0 atom stereocenters. The van der Waals surface area contributed by atoms with Gasteiger partial charge >= 0.3 is 0 Å². The minimum Gasteiger partial charge on any atom is -0.294 e. The molecule has 0 unspecified atom stereocenters. The molecule has 0 N–H and O–H groups in total. The van der Waals surface area contributed by atoms with Gasteiger partial charge in [0.05, 0.1) is 0 Å². The Balaban J connectivity index is 2.02. The van der Waals surface area contributed by atoms with Crippen molar-refractivity contribution in [3.63, 3.8) is 0 Å². The summed E-state index contributed by atoms with van der Waals surface area (Å²) in [5.41, 5.74) is 0.910. The first-order chi connectivity index (χ1) is 7.75. The van der Waals surface area contributed by atoms with Crippen LogP contribution in [0.25, 0.3) is 10.1 Å². The Kier molecular flexibility index (Phi) is 2.60. The standard InChI is InChI=1S/C13H11BrOS/c14-11-3-1-2-9-10(7-16-13(9)11)12(15)6-8-4-5-8/h1-3,7-8H,4-6H2. The number of carbonyl (C=O) groups is 1. The number of carbonyl (C=O) groups excluding carboxylic acids is 1. The summed E-state index contributed by atoms with van der Waals surface area (Å²) in [6.07, 6.45) is 3.20. The second kappa shape index (κ2) is 3.97. The number of rotatable bonds is 3. The summed E-state index contributed by atoms with van der Waals surface area (Å²) in [5, 5.41) is 3.10. The predicted octanol–water partition coefficient (Wildman–Crippen LogP) is 4.65. The molecule has 3 heteroatoms. The fourth-order valence-corrected chi connectivity index (χ4v) is 3.56. The first kappa shape index (κ1) is 10.5. The van der Waals surface area contributed by atoms with Crippen molar-refractivity contribution in [2.75, 3.05) is 0 Å². The molecule has 3 rings (SSSR count). The van der Waals surface area contributed by atoms with Gasteiger partial charge in [-0.05, 0) is 40.8 Å². The van der Waals surface area contributed by atoms with Crippen molar-refractivity contribution >= 4 is 43.1 Å². The Morgan fingerprint density at radius 2 is 2.25 bits per heavy atom. The van der Waals surface area contributed by atoms with E-state index in [1.165, 1.54) is 17.5 Å². The maximum absolute atomic E-state index is 12.1. The molecule has 1 fully saturated rings. The van der Waals surface area contributed by atoms with Gasteiger partial charge in [0.1, 0.15) is 0 Å². The summed E-state index contributed by atoms with van der Waals surface area (Å²) in [6.45, 7) is 0. The third-order valence-electron chi connectivity index (χ3n) is 3.02. The maximum atomic E-state index is 12.1. The van der Waals surface area contributed by atoms with Crippen LogP contribution in [-0.4, -0.2) is 5.78 Å². The molecule has 82 valence electrons. The van der Waals surface area contributed by atoms with Gasteiger partial charge in [0.2, 0.25) is 0 Å². The topological polar surface area (TPSA) is 17.1 Å². The Morgan fingerprint density at radius 1 is 1.44 bits per heavy atom. The molecule has 1 aromatic carbocycles. The van der Waals surface area contributed by atoms with E-state index in [1.807, 2.05) is 23.6 Å². The molecule has 1 aromatic heterocycles. The normalized spacial score (nSPS) is 15.6. The average molecular weight is 295 g/mol. The van der Waals surface area contributed by atoms with Crippen LogP contribution in [-0.2, 0) is 0 Å². The van der Waals surface area contributed by atoms with E-state index in [0.29, 0.717) is 11.7 Å². The van der Waals surface area contributed by atoms with Crippen molar-refractivity contribution in [2.45, 2.75) is 19.3 Å². The van der Waals surface area contributed by atoms with Gasteiger partial charge in [-0.3, -0.25) is 4.79 Å². The number of thiophene rings is 1. The molecule has 1 nitrogen and oxygen atoms in total. The van der Waals surface area contributed by atoms with Crippen LogP contribution in [0.1, 0.15) is 29.6 Å². The van der Waals surface area contributed by atoms with Gasteiger partial charge < -0.3 is 0 Å². The minimum atomic E-state index is 0.312. The van der Waals surface area contributed by atoms with Gasteiger partial charge in [-0.1, -0.05) is 12.1 Å².